The smallest absolute Gasteiger partial charge is 0.245 e. The second kappa shape index (κ2) is 7.63. The Bertz CT molecular complexity index is 951. The molecule has 0 N–H and O–H groups in total. The molecule has 0 saturated carbocycles. The zero-order chi connectivity index (χ0) is 19.7. The van der Waals surface area contributed by atoms with Crippen molar-refractivity contribution in [1.29, 1.82) is 0 Å². The highest BCUT2D eigenvalue weighted by atomic mass is 32.2. The molecular formula is C19H25N5O3S. The summed E-state index contributed by atoms with van der Waals surface area (Å²) in [5.74, 6) is 0.780. The molecule has 0 aromatic carbocycles. The number of hydrogen-bond acceptors (Lipinski definition) is 5. The number of likely N-dealkylation sites (tertiary alicyclic amines) is 1. The van der Waals surface area contributed by atoms with Gasteiger partial charge in [0, 0.05) is 44.8 Å². The molecule has 1 atom stereocenters. The van der Waals surface area contributed by atoms with Crippen molar-refractivity contribution in [3.8, 4) is 0 Å². The van der Waals surface area contributed by atoms with Crippen LogP contribution in [0, 0.1) is 0 Å². The van der Waals surface area contributed by atoms with Crippen molar-refractivity contribution in [2.75, 3.05) is 19.6 Å². The summed E-state index contributed by atoms with van der Waals surface area (Å²) in [6.07, 6.45) is 8.38. The van der Waals surface area contributed by atoms with E-state index in [4.69, 9.17) is 0 Å². The van der Waals surface area contributed by atoms with E-state index >= 15 is 0 Å². The van der Waals surface area contributed by atoms with Gasteiger partial charge in [0.2, 0.25) is 15.9 Å². The Morgan fingerprint density at radius 2 is 1.96 bits per heavy atom. The highest BCUT2D eigenvalue weighted by Gasteiger charge is 2.35. The fourth-order valence-corrected chi connectivity index (χ4v) is 5.53. The highest BCUT2D eigenvalue weighted by molar-refractivity contribution is 7.89. The molecule has 4 rings (SSSR count). The van der Waals surface area contributed by atoms with Crippen molar-refractivity contribution in [1.82, 2.24) is 23.7 Å². The van der Waals surface area contributed by atoms with Crippen LogP contribution >= 0.6 is 0 Å². The van der Waals surface area contributed by atoms with Crippen molar-refractivity contribution in [2.45, 2.75) is 50.1 Å². The molecule has 0 bridgehead atoms. The van der Waals surface area contributed by atoms with Crippen molar-refractivity contribution >= 4 is 15.9 Å². The summed E-state index contributed by atoms with van der Waals surface area (Å²) < 4.78 is 29.4. The Morgan fingerprint density at radius 3 is 2.68 bits per heavy atom. The lowest BCUT2D eigenvalue weighted by Gasteiger charge is -2.32. The van der Waals surface area contributed by atoms with Crippen LogP contribution in [0.1, 0.15) is 43.7 Å². The predicted octanol–water partition coefficient (Wildman–Crippen LogP) is 1.60. The van der Waals surface area contributed by atoms with Crippen molar-refractivity contribution < 1.29 is 13.2 Å². The second-order valence-electron chi connectivity index (χ2n) is 7.38. The average Bonchev–Trinajstić information content (AvgIpc) is 3.13. The topological polar surface area (TPSA) is 88.4 Å². The van der Waals surface area contributed by atoms with Gasteiger partial charge in [-0.3, -0.25) is 9.78 Å². The zero-order valence-electron chi connectivity index (χ0n) is 16.0. The summed E-state index contributed by atoms with van der Waals surface area (Å²) in [6.45, 7) is 4.35. The number of pyridine rings is 1. The number of aromatic nitrogens is 3. The standard InChI is InChI=1S/C19H25N5O3S/c1-15-19-21-16(12-18(25)22-8-3-2-4-9-22)14-23(19)10-11-24(15)28(26,27)17-6-5-7-20-13-17/h5-7,13-15H,2-4,8-12H2,1H3/t15-/m1/s1. The van der Waals surface area contributed by atoms with Crippen molar-refractivity contribution in [2.24, 2.45) is 0 Å². The maximum absolute atomic E-state index is 13.0. The van der Waals surface area contributed by atoms with Gasteiger partial charge in [0.1, 0.15) is 10.7 Å². The fraction of sp³-hybridized carbons (Fsp3) is 0.526. The van der Waals surface area contributed by atoms with Gasteiger partial charge in [-0.1, -0.05) is 0 Å². The number of carbonyl (C=O) groups excluding carboxylic acids is 1. The van der Waals surface area contributed by atoms with E-state index in [1.165, 1.54) is 16.9 Å². The molecule has 2 aromatic heterocycles. The number of hydrogen-bond donors (Lipinski definition) is 0. The van der Waals surface area contributed by atoms with Gasteiger partial charge >= 0.3 is 0 Å². The maximum atomic E-state index is 13.0. The molecule has 2 aromatic rings. The number of amides is 1. The van der Waals surface area contributed by atoms with E-state index in [-0.39, 0.29) is 17.2 Å². The number of carbonyl (C=O) groups is 1. The van der Waals surface area contributed by atoms with E-state index in [2.05, 4.69) is 9.97 Å². The second-order valence-corrected chi connectivity index (χ2v) is 9.27. The monoisotopic (exact) mass is 403 g/mol. The third-order valence-corrected chi connectivity index (χ3v) is 7.46. The van der Waals surface area contributed by atoms with Crippen LogP contribution in [0.3, 0.4) is 0 Å². The number of imidazole rings is 1. The summed E-state index contributed by atoms with van der Waals surface area (Å²) in [6, 6.07) is 2.77. The third kappa shape index (κ3) is 3.56. The summed E-state index contributed by atoms with van der Waals surface area (Å²) in [5, 5.41) is 0. The Kier molecular flexibility index (Phi) is 5.20. The molecule has 4 heterocycles. The summed E-state index contributed by atoms with van der Waals surface area (Å²) in [7, 11) is -3.64. The number of rotatable bonds is 4. The van der Waals surface area contributed by atoms with Crippen LogP contribution in [-0.2, 0) is 27.8 Å². The quantitative estimate of drug-likeness (QED) is 0.774. The van der Waals surface area contributed by atoms with Crippen LogP contribution < -0.4 is 0 Å². The van der Waals surface area contributed by atoms with Gasteiger partial charge in [-0.25, -0.2) is 13.4 Å². The van der Waals surface area contributed by atoms with E-state index in [0.29, 0.717) is 24.6 Å². The van der Waals surface area contributed by atoms with Gasteiger partial charge in [0.25, 0.3) is 0 Å². The molecule has 1 fully saturated rings. The Hall–Kier alpha value is -2.26. The molecule has 9 heteroatoms. The number of nitrogens with zero attached hydrogens (tertiary/aromatic N) is 5. The van der Waals surface area contributed by atoms with Gasteiger partial charge in [-0.2, -0.15) is 4.31 Å². The molecule has 2 aliphatic rings. The largest absolute Gasteiger partial charge is 0.342 e. The van der Waals surface area contributed by atoms with Crippen molar-refractivity contribution in [3.63, 3.8) is 0 Å². The van der Waals surface area contributed by atoms with E-state index in [1.54, 1.807) is 18.3 Å². The van der Waals surface area contributed by atoms with Crippen LogP contribution in [0.5, 0.6) is 0 Å². The van der Waals surface area contributed by atoms with E-state index < -0.39 is 16.1 Å². The minimum atomic E-state index is -3.64. The van der Waals surface area contributed by atoms with Crippen LogP contribution in [0.15, 0.2) is 35.6 Å². The first-order valence-electron chi connectivity index (χ1n) is 9.72. The summed E-state index contributed by atoms with van der Waals surface area (Å²) >= 11 is 0. The molecule has 1 amide bonds. The van der Waals surface area contributed by atoms with Gasteiger partial charge in [-0.05, 0) is 38.3 Å². The fourth-order valence-electron chi connectivity index (χ4n) is 3.99. The van der Waals surface area contributed by atoms with E-state index in [0.717, 1.165) is 25.9 Å². The highest BCUT2D eigenvalue weighted by Crippen LogP contribution is 2.30. The first kappa shape index (κ1) is 19.1. The molecule has 150 valence electrons. The first-order chi connectivity index (χ1) is 13.5. The minimum Gasteiger partial charge on any atom is -0.342 e. The lowest BCUT2D eigenvalue weighted by atomic mass is 10.1. The minimum absolute atomic E-state index is 0.0997. The molecule has 0 aliphatic carbocycles. The van der Waals surface area contributed by atoms with Crippen LogP contribution in [0.2, 0.25) is 0 Å². The van der Waals surface area contributed by atoms with Crippen molar-refractivity contribution in [3.05, 3.63) is 42.2 Å². The molecule has 0 spiro atoms. The number of sulfonamides is 1. The molecule has 0 radical (unpaired) electrons. The molecule has 1 saturated heterocycles. The number of piperidine rings is 1. The van der Waals surface area contributed by atoms with Gasteiger partial charge in [0.05, 0.1) is 18.2 Å². The Labute approximate surface area is 165 Å². The first-order valence-corrected chi connectivity index (χ1v) is 11.2. The molecule has 0 unspecified atom stereocenters. The molecule has 28 heavy (non-hydrogen) atoms. The maximum Gasteiger partial charge on any atom is 0.245 e. The van der Waals surface area contributed by atoms with Gasteiger partial charge in [-0.15, -0.1) is 0 Å². The van der Waals surface area contributed by atoms with Crippen LogP contribution in [0.4, 0.5) is 0 Å². The van der Waals surface area contributed by atoms with Crippen LogP contribution in [0.25, 0.3) is 0 Å². The summed E-state index contributed by atoms with van der Waals surface area (Å²) in [5.41, 5.74) is 0.707. The van der Waals surface area contributed by atoms with Gasteiger partial charge < -0.3 is 9.47 Å². The van der Waals surface area contributed by atoms with Gasteiger partial charge in [0.15, 0.2) is 0 Å². The average molecular weight is 404 g/mol. The SMILES string of the molecule is C[C@@H]1c2nc(CC(=O)N3CCCCC3)cn2CCN1S(=O)(=O)c1cccnc1. The zero-order valence-corrected chi connectivity index (χ0v) is 16.8. The Balaban J connectivity index is 1.52. The molecule has 8 nitrogen and oxygen atoms in total. The predicted molar refractivity (Wildman–Crippen MR) is 103 cm³/mol. The lowest BCUT2D eigenvalue weighted by Crippen LogP contribution is -2.41. The molecule has 2 aliphatic heterocycles. The third-order valence-electron chi connectivity index (χ3n) is 5.51. The summed E-state index contributed by atoms with van der Waals surface area (Å²) in [4.78, 5) is 23.2. The Morgan fingerprint density at radius 1 is 1.18 bits per heavy atom. The normalized spacial score (nSPS) is 20.8. The molecular weight excluding hydrogens is 378 g/mol. The van der Waals surface area contributed by atoms with E-state index in [1.807, 2.05) is 22.6 Å². The number of fused-ring (bicyclic) bond motifs is 1. The van der Waals surface area contributed by atoms with E-state index in [9.17, 15) is 13.2 Å². The lowest BCUT2D eigenvalue weighted by molar-refractivity contribution is -0.131. The van der Waals surface area contributed by atoms with Crippen LogP contribution in [-0.4, -0.2) is 57.7 Å².